The first-order valence-electron chi connectivity index (χ1n) is 6.41. The molecule has 0 aliphatic carbocycles. The molecule has 1 unspecified atom stereocenters. The molecule has 0 saturated carbocycles. The SMILES string of the molecule is CCOc1cccc(N)c1C(=O)NC(C)CCSC. The molecule has 0 aliphatic heterocycles. The van der Waals surface area contributed by atoms with Gasteiger partial charge in [-0.2, -0.15) is 11.8 Å². The Balaban J connectivity index is 2.80. The lowest BCUT2D eigenvalue weighted by atomic mass is 10.1. The Morgan fingerprint density at radius 2 is 2.26 bits per heavy atom. The number of amides is 1. The lowest BCUT2D eigenvalue weighted by Crippen LogP contribution is -2.33. The van der Waals surface area contributed by atoms with Crippen molar-refractivity contribution in [3.63, 3.8) is 0 Å². The summed E-state index contributed by atoms with van der Waals surface area (Å²) in [6.45, 7) is 4.38. The molecular weight excluding hydrogens is 260 g/mol. The molecule has 5 heteroatoms. The summed E-state index contributed by atoms with van der Waals surface area (Å²) in [7, 11) is 0. The largest absolute Gasteiger partial charge is 0.493 e. The molecular formula is C14H22N2O2S. The maximum atomic E-state index is 12.3. The Hall–Kier alpha value is -1.36. The van der Waals surface area contributed by atoms with E-state index in [0.717, 1.165) is 12.2 Å². The molecule has 3 N–H and O–H groups in total. The van der Waals surface area contributed by atoms with Crippen molar-refractivity contribution in [2.75, 3.05) is 24.3 Å². The summed E-state index contributed by atoms with van der Waals surface area (Å²) >= 11 is 1.77. The van der Waals surface area contributed by atoms with Crippen LogP contribution >= 0.6 is 11.8 Å². The monoisotopic (exact) mass is 282 g/mol. The summed E-state index contributed by atoms with van der Waals surface area (Å²) in [6.07, 6.45) is 2.99. The highest BCUT2D eigenvalue weighted by atomic mass is 32.2. The lowest BCUT2D eigenvalue weighted by Gasteiger charge is -2.16. The first kappa shape index (κ1) is 15.7. The minimum atomic E-state index is -0.171. The summed E-state index contributed by atoms with van der Waals surface area (Å²) in [5.41, 5.74) is 6.76. The molecule has 1 aromatic rings. The maximum absolute atomic E-state index is 12.3. The van der Waals surface area contributed by atoms with Crippen LogP contribution in [0.4, 0.5) is 5.69 Å². The number of nitrogens with one attached hydrogen (secondary N) is 1. The third-order valence-corrected chi connectivity index (χ3v) is 3.36. The van der Waals surface area contributed by atoms with E-state index in [-0.39, 0.29) is 11.9 Å². The lowest BCUT2D eigenvalue weighted by molar-refractivity contribution is 0.0936. The van der Waals surface area contributed by atoms with Crippen LogP contribution in [0.25, 0.3) is 0 Å². The van der Waals surface area contributed by atoms with Gasteiger partial charge in [0.25, 0.3) is 5.91 Å². The maximum Gasteiger partial charge on any atom is 0.257 e. The number of ether oxygens (including phenoxy) is 1. The minimum Gasteiger partial charge on any atom is -0.493 e. The number of rotatable bonds is 7. The number of hydrogen-bond acceptors (Lipinski definition) is 4. The van der Waals surface area contributed by atoms with E-state index in [2.05, 4.69) is 11.6 Å². The van der Waals surface area contributed by atoms with Gasteiger partial charge in [0.05, 0.1) is 6.61 Å². The molecule has 106 valence electrons. The topological polar surface area (TPSA) is 64.3 Å². The molecule has 0 aromatic heterocycles. The number of hydrogen-bond donors (Lipinski definition) is 2. The van der Waals surface area contributed by atoms with E-state index in [9.17, 15) is 4.79 Å². The van der Waals surface area contributed by atoms with Gasteiger partial charge in [0.15, 0.2) is 0 Å². The second-order valence-electron chi connectivity index (χ2n) is 4.31. The molecule has 1 rings (SSSR count). The predicted molar refractivity (Wildman–Crippen MR) is 82.0 cm³/mol. The van der Waals surface area contributed by atoms with Gasteiger partial charge in [-0.1, -0.05) is 6.07 Å². The third kappa shape index (κ3) is 4.67. The summed E-state index contributed by atoms with van der Waals surface area (Å²) in [5, 5.41) is 2.96. The van der Waals surface area contributed by atoms with Crippen molar-refractivity contribution in [1.82, 2.24) is 5.32 Å². The fraction of sp³-hybridized carbons (Fsp3) is 0.500. The number of anilines is 1. The van der Waals surface area contributed by atoms with Crippen molar-refractivity contribution < 1.29 is 9.53 Å². The van der Waals surface area contributed by atoms with Crippen molar-refractivity contribution >= 4 is 23.4 Å². The van der Waals surface area contributed by atoms with Crippen LogP contribution in [0.5, 0.6) is 5.75 Å². The Bertz CT molecular complexity index is 424. The summed E-state index contributed by atoms with van der Waals surface area (Å²) < 4.78 is 5.46. The highest BCUT2D eigenvalue weighted by Crippen LogP contribution is 2.24. The van der Waals surface area contributed by atoms with Crippen molar-refractivity contribution in [3.05, 3.63) is 23.8 Å². The van der Waals surface area contributed by atoms with Crippen LogP contribution in [0.2, 0.25) is 0 Å². The summed E-state index contributed by atoms with van der Waals surface area (Å²) in [5.74, 6) is 1.39. The summed E-state index contributed by atoms with van der Waals surface area (Å²) in [4.78, 5) is 12.3. The van der Waals surface area contributed by atoms with Crippen LogP contribution in [0.3, 0.4) is 0 Å². The van der Waals surface area contributed by atoms with Gasteiger partial charge in [-0.3, -0.25) is 4.79 Å². The standard InChI is InChI=1S/C14H22N2O2S/c1-4-18-12-7-5-6-11(15)13(12)14(17)16-10(2)8-9-19-3/h5-7,10H,4,8-9,15H2,1-3H3,(H,16,17). The molecule has 0 aliphatic rings. The molecule has 4 nitrogen and oxygen atoms in total. The number of carbonyl (C=O) groups is 1. The highest BCUT2D eigenvalue weighted by Gasteiger charge is 2.17. The minimum absolute atomic E-state index is 0.119. The molecule has 1 aromatic carbocycles. The highest BCUT2D eigenvalue weighted by molar-refractivity contribution is 7.98. The van der Waals surface area contributed by atoms with E-state index >= 15 is 0 Å². The quantitative estimate of drug-likeness (QED) is 0.754. The smallest absolute Gasteiger partial charge is 0.257 e. The van der Waals surface area contributed by atoms with Crippen molar-refractivity contribution in [2.45, 2.75) is 26.3 Å². The van der Waals surface area contributed by atoms with E-state index < -0.39 is 0 Å². The first-order valence-corrected chi connectivity index (χ1v) is 7.80. The van der Waals surface area contributed by atoms with E-state index in [1.165, 1.54) is 0 Å². The second-order valence-corrected chi connectivity index (χ2v) is 5.29. The van der Waals surface area contributed by atoms with Crippen LogP contribution in [0, 0.1) is 0 Å². The third-order valence-electron chi connectivity index (χ3n) is 2.72. The molecule has 0 heterocycles. The van der Waals surface area contributed by atoms with Crippen molar-refractivity contribution in [3.8, 4) is 5.75 Å². The number of nitrogens with two attached hydrogens (primary N) is 1. The average molecular weight is 282 g/mol. The zero-order chi connectivity index (χ0) is 14.3. The first-order chi connectivity index (χ1) is 9.10. The Morgan fingerprint density at radius 3 is 2.89 bits per heavy atom. The fourth-order valence-electron chi connectivity index (χ4n) is 1.73. The number of nitrogen functional groups attached to an aromatic ring is 1. The Morgan fingerprint density at radius 1 is 1.53 bits per heavy atom. The van der Waals surface area contributed by atoms with Crippen LogP contribution < -0.4 is 15.8 Å². The van der Waals surface area contributed by atoms with Crippen molar-refractivity contribution in [1.29, 1.82) is 0 Å². The van der Waals surface area contributed by atoms with Crippen LogP contribution in [-0.4, -0.2) is 30.6 Å². The zero-order valence-electron chi connectivity index (χ0n) is 11.7. The second kappa shape index (κ2) is 7.94. The van der Waals surface area contributed by atoms with Gasteiger partial charge in [-0.25, -0.2) is 0 Å². The van der Waals surface area contributed by atoms with E-state index in [1.807, 2.05) is 13.8 Å². The number of carbonyl (C=O) groups excluding carboxylic acids is 1. The molecule has 0 fully saturated rings. The normalized spacial score (nSPS) is 11.9. The summed E-state index contributed by atoms with van der Waals surface area (Å²) in [6, 6.07) is 5.38. The van der Waals surface area contributed by atoms with Crippen LogP contribution in [0.15, 0.2) is 18.2 Å². The predicted octanol–water partition coefficient (Wildman–Crippen LogP) is 2.54. The Labute approximate surface area is 119 Å². The number of thioether (sulfide) groups is 1. The van der Waals surface area contributed by atoms with E-state index in [1.54, 1.807) is 30.0 Å². The van der Waals surface area contributed by atoms with Crippen LogP contribution in [-0.2, 0) is 0 Å². The van der Waals surface area contributed by atoms with Gasteiger partial charge in [0.2, 0.25) is 0 Å². The Kier molecular flexibility index (Phi) is 6.56. The number of benzene rings is 1. The zero-order valence-corrected chi connectivity index (χ0v) is 12.5. The van der Waals surface area contributed by atoms with Gasteiger partial charge in [0.1, 0.15) is 11.3 Å². The van der Waals surface area contributed by atoms with Gasteiger partial charge in [0, 0.05) is 11.7 Å². The van der Waals surface area contributed by atoms with Gasteiger partial charge in [-0.05, 0) is 44.4 Å². The van der Waals surface area contributed by atoms with Crippen LogP contribution in [0.1, 0.15) is 30.6 Å². The van der Waals surface area contributed by atoms with Gasteiger partial charge in [-0.15, -0.1) is 0 Å². The molecule has 1 amide bonds. The van der Waals surface area contributed by atoms with Gasteiger partial charge < -0.3 is 15.8 Å². The molecule has 0 saturated heterocycles. The average Bonchev–Trinajstić information content (AvgIpc) is 2.36. The molecule has 1 atom stereocenters. The van der Waals surface area contributed by atoms with Crippen molar-refractivity contribution in [2.24, 2.45) is 0 Å². The van der Waals surface area contributed by atoms with E-state index in [0.29, 0.717) is 23.6 Å². The molecule has 0 spiro atoms. The van der Waals surface area contributed by atoms with E-state index in [4.69, 9.17) is 10.5 Å². The molecule has 0 radical (unpaired) electrons. The molecule has 0 bridgehead atoms. The van der Waals surface area contributed by atoms with Gasteiger partial charge >= 0.3 is 0 Å². The molecule has 19 heavy (non-hydrogen) atoms. The fourth-order valence-corrected chi connectivity index (χ4v) is 2.32.